The lowest BCUT2D eigenvalue weighted by Gasteiger charge is -2.26. The van der Waals surface area contributed by atoms with Crippen molar-refractivity contribution >= 4 is 29.3 Å². The minimum absolute atomic E-state index is 0. The molecule has 0 aliphatic carbocycles. The summed E-state index contributed by atoms with van der Waals surface area (Å²) in [6.07, 6.45) is 1.65. The summed E-state index contributed by atoms with van der Waals surface area (Å²) in [6.45, 7) is 4.50. The monoisotopic (exact) mass is 296 g/mol. The zero-order valence-electron chi connectivity index (χ0n) is 11.8. The van der Waals surface area contributed by atoms with Crippen LogP contribution < -0.4 is 11.1 Å². The molecule has 1 aromatic heterocycles. The predicted octanol–water partition coefficient (Wildman–Crippen LogP) is 3.10. The molecule has 0 spiro atoms. The fourth-order valence-corrected chi connectivity index (χ4v) is 1.94. The molecule has 1 aromatic carbocycles. The first-order chi connectivity index (χ1) is 9.08. The maximum Gasteiger partial charge on any atom is 0.287 e. The number of halogens is 1. The van der Waals surface area contributed by atoms with Gasteiger partial charge in [0.1, 0.15) is 5.58 Å². The van der Waals surface area contributed by atoms with E-state index < -0.39 is 0 Å². The van der Waals surface area contributed by atoms with Crippen molar-refractivity contribution in [3.8, 4) is 0 Å². The van der Waals surface area contributed by atoms with Crippen molar-refractivity contribution in [2.75, 3.05) is 6.54 Å². The van der Waals surface area contributed by atoms with E-state index >= 15 is 0 Å². The second kappa shape index (κ2) is 6.77. The minimum Gasteiger partial charge on any atom is -0.451 e. The summed E-state index contributed by atoms with van der Waals surface area (Å²) < 4.78 is 5.51. The Bertz CT molecular complexity index is 543. The van der Waals surface area contributed by atoms with Crippen LogP contribution in [0.25, 0.3) is 11.0 Å². The van der Waals surface area contributed by atoms with Crippen LogP contribution >= 0.6 is 12.4 Å². The number of nitrogens with two attached hydrogens (primary N) is 1. The summed E-state index contributed by atoms with van der Waals surface area (Å²) >= 11 is 0. The second-order valence-corrected chi connectivity index (χ2v) is 4.90. The highest BCUT2D eigenvalue weighted by atomic mass is 35.5. The van der Waals surface area contributed by atoms with Gasteiger partial charge in [0.25, 0.3) is 5.91 Å². The normalized spacial score (nSPS) is 11.2. The molecule has 4 nitrogen and oxygen atoms in total. The Labute approximate surface area is 125 Å². The van der Waals surface area contributed by atoms with E-state index in [1.165, 1.54) is 0 Å². The van der Waals surface area contributed by atoms with Gasteiger partial charge < -0.3 is 15.5 Å². The average Bonchev–Trinajstić information content (AvgIpc) is 2.88. The molecule has 0 fully saturated rings. The molecule has 0 aliphatic rings. The van der Waals surface area contributed by atoms with Crippen molar-refractivity contribution in [3.63, 3.8) is 0 Å². The van der Waals surface area contributed by atoms with Gasteiger partial charge in [0.05, 0.1) is 0 Å². The molecule has 1 amide bonds. The number of carbonyl (C=O) groups is 1. The van der Waals surface area contributed by atoms with Crippen molar-refractivity contribution in [2.24, 2.45) is 5.73 Å². The Morgan fingerprint density at radius 2 is 1.95 bits per heavy atom. The van der Waals surface area contributed by atoms with Gasteiger partial charge in [-0.3, -0.25) is 4.79 Å². The van der Waals surface area contributed by atoms with Gasteiger partial charge >= 0.3 is 0 Å². The zero-order chi connectivity index (χ0) is 13.9. The number of carbonyl (C=O) groups excluding carboxylic acids is 1. The maximum absolute atomic E-state index is 12.0. The molecule has 0 bridgehead atoms. The summed E-state index contributed by atoms with van der Waals surface area (Å²) in [4.78, 5) is 12.0. The van der Waals surface area contributed by atoms with Crippen molar-refractivity contribution in [2.45, 2.75) is 32.2 Å². The molecule has 2 rings (SSSR count). The third-order valence-electron chi connectivity index (χ3n) is 3.66. The second-order valence-electron chi connectivity index (χ2n) is 4.90. The number of hydrogen-bond acceptors (Lipinski definition) is 3. The van der Waals surface area contributed by atoms with E-state index in [9.17, 15) is 4.79 Å². The van der Waals surface area contributed by atoms with Crippen molar-refractivity contribution in [1.82, 2.24) is 5.32 Å². The molecule has 2 aromatic rings. The Morgan fingerprint density at radius 3 is 2.55 bits per heavy atom. The fraction of sp³-hybridized carbons (Fsp3) is 0.400. The number of furan rings is 1. The lowest BCUT2D eigenvalue weighted by Crippen LogP contribution is -2.49. The molecular formula is C15H21ClN2O2. The lowest BCUT2D eigenvalue weighted by atomic mass is 9.94. The fourth-order valence-electron chi connectivity index (χ4n) is 1.94. The summed E-state index contributed by atoms with van der Waals surface area (Å²) in [5, 5.41) is 3.77. The maximum atomic E-state index is 12.0. The SMILES string of the molecule is CCC(N)(CC)CNC(=O)c1cc2ccccc2o1.Cl. The Hall–Kier alpha value is -1.52. The molecule has 0 saturated heterocycles. The number of fused-ring (bicyclic) bond motifs is 1. The first-order valence-electron chi connectivity index (χ1n) is 6.63. The molecule has 0 saturated carbocycles. The van der Waals surface area contributed by atoms with Crippen LogP contribution in [0.4, 0.5) is 0 Å². The number of rotatable bonds is 5. The number of nitrogens with one attached hydrogen (secondary N) is 1. The molecule has 3 N–H and O–H groups in total. The predicted molar refractivity (Wildman–Crippen MR) is 83.3 cm³/mol. The van der Waals surface area contributed by atoms with Gasteiger partial charge in [-0.2, -0.15) is 0 Å². The van der Waals surface area contributed by atoms with Crippen LogP contribution in [0.15, 0.2) is 34.7 Å². The van der Waals surface area contributed by atoms with Crippen molar-refractivity contribution < 1.29 is 9.21 Å². The number of benzene rings is 1. The van der Waals surface area contributed by atoms with E-state index in [4.69, 9.17) is 10.2 Å². The van der Waals surface area contributed by atoms with Crippen molar-refractivity contribution in [1.29, 1.82) is 0 Å². The van der Waals surface area contributed by atoms with E-state index in [2.05, 4.69) is 5.32 Å². The highest BCUT2D eigenvalue weighted by molar-refractivity contribution is 5.96. The van der Waals surface area contributed by atoms with Crippen LogP contribution in [0.3, 0.4) is 0 Å². The smallest absolute Gasteiger partial charge is 0.287 e. The van der Waals surface area contributed by atoms with Crippen LogP contribution in [0.2, 0.25) is 0 Å². The van der Waals surface area contributed by atoms with Crippen molar-refractivity contribution in [3.05, 3.63) is 36.1 Å². The van der Waals surface area contributed by atoms with Gasteiger partial charge in [0.2, 0.25) is 0 Å². The van der Waals surface area contributed by atoms with E-state index in [-0.39, 0.29) is 23.9 Å². The Kier molecular flexibility index (Phi) is 5.60. The average molecular weight is 297 g/mol. The molecule has 20 heavy (non-hydrogen) atoms. The molecule has 0 atom stereocenters. The van der Waals surface area contributed by atoms with Crippen LogP contribution in [-0.2, 0) is 0 Å². The highest BCUT2D eigenvalue weighted by Crippen LogP contribution is 2.19. The van der Waals surface area contributed by atoms with Gasteiger partial charge in [-0.1, -0.05) is 32.0 Å². The van der Waals surface area contributed by atoms with Gasteiger partial charge in [-0.25, -0.2) is 0 Å². The van der Waals surface area contributed by atoms with Crippen LogP contribution in [-0.4, -0.2) is 18.0 Å². The molecule has 5 heteroatoms. The third-order valence-corrected chi connectivity index (χ3v) is 3.66. The van der Waals surface area contributed by atoms with E-state index in [0.29, 0.717) is 12.3 Å². The van der Waals surface area contributed by atoms with E-state index in [1.54, 1.807) is 6.07 Å². The Balaban J connectivity index is 0.00000200. The Morgan fingerprint density at radius 1 is 1.30 bits per heavy atom. The minimum atomic E-state index is -0.346. The van der Waals surface area contributed by atoms with E-state index in [0.717, 1.165) is 23.8 Å². The van der Waals surface area contributed by atoms with Gasteiger partial charge in [-0.15, -0.1) is 12.4 Å². The third kappa shape index (κ3) is 3.52. The summed E-state index contributed by atoms with van der Waals surface area (Å²) in [5.74, 6) is 0.115. The van der Waals surface area contributed by atoms with Gasteiger partial charge in [-0.05, 0) is 25.0 Å². The number of amides is 1. The molecule has 110 valence electrons. The highest BCUT2D eigenvalue weighted by Gasteiger charge is 2.22. The number of hydrogen-bond donors (Lipinski definition) is 2. The largest absolute Gasteiger partial charge is 0.451 e. The molecule has 0 aliphatic heterocycles. The lowest BCUT2D eigenvalue weighted by molar-refractivity contribution is 0.0916. The summed E-state index contributed by atoms with van der Waals surface area (Å²) in [6, 6.07) is 9.31. The van der Waals surface area contributed by atoms with Gasteiger partial charge in [0.15, 0.2) is 5.76 Å². The first kappa shape index (κ1) is 16.5. The van der Waals surface area contributed by atoms with Gasteiger partial charge in [0, 0.05) is 17.5 Å². The first-order valence-corrected chi connectivity index (χ1v) is 6.63. The quantitative estimate of drug-likeness (QED) is 0.891. The molecule has 1 heterocycles. The van der Waals surface area contributed by atoms with Crippen LogP contribution in [0.5, 0.6) is 0 Å². The molecular weight excluding hydrogens is 276 g/mol. The zero-order valence-corrected chi connectivity index (χ0v) is 12.6. The number of para-hydroxylation sites is 1. The van der Waals surface area contributed by atoms with Crippen LogP contribution in [0, 0.1) is 0 Å². The summed E-state index contributed by atoms with van der Waals surface area (Å²) in [5.41, 5.74) is 6.53. The standard InChI is InChI=1S/C15H20N2O2.ClH/c1-3-15(16,4-2)10-17-14(18)13-9-11-7-5-6-8-12(11)19-13;/h5-9H,3-4,10,16H2,1-2H3,(H,17,18);1H. The topological polar surface area (TPSA) is 68.3 Å². The van der Waals surface area contributed by atoms with Crippen LogP contribution in [0.1, 0.15) is 37.2 Å². The summed E-state index contributed by atoms with van der Waals surface area (Å²) in [7, 11) is 0. The molecule has 0 unspecified atom stereocenters. The molecule has 0 radical (unpaired) electrons. The van der Waals surface area contributed by atoms with E-state index in [1.807, 2.05) is 38.1 Å².